The van der Waals surface area contributed by atoms with Crippen LogP contribution in [0.15, 0.2) is 60.7 Å². The van der Waals surface area contributed by atoms with E-state index >= 15 is 0 Å². The Bertz CT molecular complexity index is 1030. The molecule has 0 unspecified atom stereocenters. The summed E-state index contributed by atoms with van der Waals surface area (Å²) in [5.74, 6) is 2.49. The lowest BCUT2D eigenvalue weighted by atomic mass is 10.1. The number of fused-ring (bicyclic) bond motifs is 2. The van der Waals surface area contributed by atoms with Gasteiger partial charge in [-0.15, -0.1) is 0 Å². The van der Waals surface area contributed by atoms with Crippen molar-refractivity contribution in [1.82, 2.24) is 9.80 Å². The van der Waals surface area contributed by atoms with Crippen LogP contribution in [0, 0.1) is 0 Å². The van der Waals surface area contributed by atoms with E-state index in [4.69, 9.17) is 14.2 Å². The summed E-state index contributed by atoms with van der Waals surface area (Å²) in [6.45, 7) is 5.97. The standard InChI is InChI=1S/C25H28N2O4/c28-21(17-29-23-7-3-5-20-4-1-2-6-22(20)23)16-27-12-10-26(11-13-27)15-19-8-9-24-25(14-19)31-18-30-24/h1-9,14,21,28H,10-13,15-18H2/t21-/m0/s1. The minimum Gasteiger partial charge on any atom is -0.490 e. The van der Waals surface area contributed by atoms with Gasteiger partial charge in [-0.2, -0.15) is 0 Å². The zero-order valence-electron chi connectivity index (χ0n) is 17.6. The molecule has 1 N–H and O–H groups in total. The smallest absolute Gasteiger partial charge is 0.231 e. The molecule has 3 aromatic carbocycles. The van der Waals surface area contributed by atoms with Gasteiger partial charge in [0.05, 0.1) is 0 Å². The number of β-amino-alcohol motifs (C(OH)–C–C–N with tert-alkyl or cyclic N) is 1. The highest BCUT2D eigenvalue weighted by molar-refractivity contribution is 5.88. The second-order valence-electron chi connectivity index (χ2n) is 8.21. The first kappa shape index (κ1) is 20.1. The number of aliphatic hydroxyl groups excluding tert-OH is 1. The molecular weight excluding hydrogens is 392 g/mol. The number of hydrogen-bond donors (Lipinski definition) is 1. The molecule has 2 aliphatic rings. The van der Waals surface area contributed by atoms with Crippen LogP contribution in [0.1, 0.15) is 5.56 Å². The van der Waals surface area contributed by atoms with Crippen LogP contribution in [0.4, 0.5) is 0 Å². The van der Waals surface area contributed by atoms with Crippen molar-refractivity contribution >= 4 is 10.8 Å². The van der Waals surface area contributed by atoms with E-state index in [1.54, 1.807) is 0 Å². The van der Waals surface area contributed by atoms with E-state index in [9.17, 15) is 5.11 Å². The van der Waals surface area contributed by atoms with Crippen molar-refractivity contribution in [2.75, 3.05) is 46.1 Å². The van der Waals surface area contributed by atoms with Crippen LogP contribution >= 0.6 is 0 Å². The Balaban J connectivity index is 1.08. The van der Waals surface area contributed by atoms with Crippen molar-refractivity contribution in [3.63, 3.8) is 0 Å². The molecule has 5 rings (SSSR count). The zero-order chi connectivity index (χ0) is 21.0. The lowest BCUT2D eigenvalue weighted by Gasteiger charge is -2.35. The average Bonchev–Trinajstić information content (AvgIpc) is 3.27. The van der Waals surface area contributed by atoms with Crippen LogP contribution in [0.5, 0.6) is 17.2 Å². The summed E-state index contributed by atoms with van der Waals surface area (Å²) in [7, 11) is 0. The third-order valence-corrected chi connectivity index (χ3v) is 5.96. The first-order chi connectivity index (χ1) is 15.2. The average molecular weight is 421 g/mol. The summed E-state index contributed by atoms with van der Waals surface area (Å²) >= 11 is 0. The summed E-state index contributed by atoms with van der Waals surface area (Å²) in [5.41, 5.74) is 1.24. The minimum atomic E-state index is -0.514. The van der Waals surface area contributed by atoms with Crippen LogP contribution in [0.3, 0.4) is 0 Å². The van der Waals surface area contributed by atoms with Gasteiger partial charge in [-0.25, -0.2) is 0 Å². The molecule has 2 heterocycles. The molecule has 0 aromatic heterocycles. The quantitative estimate of drug-likeness (QED) is 0.634. The van der Waals surface area contributed by atoms with Gasteiger partial charge in [0, 0.05) is 44.7 Å². The SMILES string of the molecule is O[C@H](COc1cccc2ccccc12)CN1CCN(Cc2ccc3c(c2)OCO3)CC1. The number of aliphatic hydroxyl groups is 1. The topological polar surface area (TPSA) is 54.4 Å². The monoisotopic (exact) mass is 420 g/mol. The van der Waals surface area contributed by atoms with Gasteiger partial charge >= 0.3 is 0 Å². The molecule has 0 saturated carbocycles. The van der Waals surface area contributed by atoms with Gasteiger partial charge in [-0.3, -0.25) is 9.80 Å². The highest BCUT2D eigenvalue weighted by Gasteiger charge is 2.21. The van der Waals surface area contributed by atoms with E-state index in [0.717, 1.165) is 60.7 Å². The lowest BCUT2D eigenvalue weighted by Crippen LogP contribution is -2.48. The van der Waals surface area contributed by atoms with Crippen LogP contribution in [-0.4, -0.2) is 67.1 Å². The highest BCUT2D eigenvalue weighted by Crippen LogP contribution is 2.33. The number of piperazine rings is 1. The largest absolute Gasteiger partial charge is 0.490 e. The normalized spacial score (nSPS) is 17.7. The lowest BCUT2D eigenvalue weighted by molar-refractivity contribution is 0.0449. The molecule has 0 spiro atoms. The van der Waals surface area contributed by atoms with E-state index in [1.165, 1.54) is 5.56 Å². The molecule has 0 amide bonds. The maximum atomic E-state index is 10.5. The van der Waals surface area contributed by atoms with E-state index in [1.807, 2.05) is 30.3 Å². The summed E-state index contributed by atoms with van der Waals surface area (Å²) < 4.78 is 16.8. The Morgan fingerprint density at radius 3 is 2.55 bits per heavy atom. The molecule has 0 bridgehead atoms. The molecule has 6 heteroatoms. The van der Waals surface area contributed by atoms with E-state index in [2.05, 4.69) is 40.1 Å². The number of nitrogens with zero attached hydrogens (tertiary/aromatic N) is 2. The molecule has 162 valence electrons. The summed E-state index contributed by atoms with van der Waals surface area (Å²) in [5, 5.41) is 12.7. The van der Waals surface area contributed by atoms with Gasteiger partial charge in [-0.1, -0.05) is 42.5 Å². The van der Waals surface area contributed by atoms with Crippen molar-refractivity contribution in [3.05, 3.63) is 66.2 Å². The summed E-state index contributed by atoms with van der Waals surface area (Å²) in [6, 6.07) is 20.3. The van der Waals surface area contributed by atoms with Crippen LogP contribution in [-0.2, 0) is 6.54 Å². The molecule has 1 atom stereocenters. The molecule has 6 nitrogen and oxygen atoms in total. The number of hydrogen-bond acceptors (Lipinski definition) is 6. The van der Waals surface area contributed by atoms with Crippen molar-refractivity contribution < 1.29 is 19.3 Å². The second kappa shape index (κ2) is 9.14. The fraction of sp³-hybridized carbons (Fsp3) is 0.360. The van der Waals surface area contributed by atoms with Crippen LogP contribution < -0.4 is 14.2 Å². The first-order valence-corrected chi connectivity index (χ1v) is 10.9. The maximum Gasteiger partial charge on any atom is 0.231 e. The number of benzene rings is 3. The van der Waals surface area contributed by atoms with Gasteiger partial charge in [0.25, 0.3) is 0 Å². The Labute approximate surface area is 182 Å². The van der Waals surface area contributed by atoms with Gasteiger partial charge in [0.2, 0.25) is 6.79 Å². The number of ether oxygens (including phenoxy) is 3. The first-order valence-electron chi connectivity index (χ1n) is 10.9. The number of rotatable bonds is 7. The molecule has 3 aromatic rings. The third-order valence-electron chi connectivity index (χ3n) is 5.96. The molecule has 31 heavy (non-hydrogen) atoms. The third kappa shape index (κ3) is 4.77. The minimum absolute atomic E-state index is 0.297. The molecule has 0 aliphatic carbocycles. The summed E-state index contributed by atoms with van der Waals surface area (Å²) in [6.07, 6.45) is -0.514. The van der Waals surface area contributed by atoms with Crippen molar-refractivity contribution in [2.24, 2.45) is 0 Å². The fourth-order valence-corrected chi connectivity index (χ4v) is 4.29. The maximum absolute atomic E-state index is 10.5. The second-order valence-corrected chi connectivity index (χ2v) is 8.21. The Morgan fingerprint density at radius 1 is 0.871 bits per heavy atom. The van der Waals surface area contributed by atoms with Crippen molar-refractivity contribution in [2.45, 2.75) is 12.6 Å². The zero-order valence-corrected chi connectivity index (χ0v) is 17.6. The predicted octanol–water partition coefficient (Wildman–Crippen LogP) is 3.13. The Hall–Kier alpha value is -2.80. The van der Waals surface area contributed by atoms with E-state index in [-0.39, 0.29) is 0 Å². The Morgan fingerprint density at radius 2 is 1.65 bits per heavy atom. The van der Waals surface area contributed by atoms with E-state index < -0.39 is 6.10 Å². The summed E-state index contributed by atoms with van der Waals surface area (Å²) in [4.78, 5) is 4.75. The fourth-order valence-electron chi connectivity index (χ4n) is 4.29. The van der Waals surface area contributed by atoms with E-state index in [0.29, 0.717) is 19.9 Å². The molecular formula is C25H28N2O4. The van der Waals surface area contributed by atoms with Crippen molar-refractivity contribution in [3.8, 4) is 17.2 Å². The van der Waals surface area contributed by atoms with Gasteiger partial charge < -0.3 is 19.3 Å². The van der Waals surface area contributed by atoms with Gasteiger partial charge in [-0.05, 0) is 29.1 Å². The van der Waals surface area contributed by atoms with Gasteiger partial charge in [0.1, 0.15) is 18.5 Å². The molecule has 0 radical (unpaired) electrons. The van der Waals surface area contributed by atoms with Crippen LogP contribution in [0.2, 0.25) is 0 Å². The Kier molecular flexibility index (Phi) is 5.93. The van der Waals surface area contributed by atoms with Gasteiger partial charge in [0.15, 0.2) is 11.5 Å². The molecule has 2 aliphatic heterocycles. The van der Waals surface area contributed by atoms with Crippen molar-refractivity contribution in [1.29, 1.82) is 0 Å². The molecule has 1 fully saturated rings. The molecule has 1 saturated heterocycles. The van der Waals surface area contributed by atoms with Crippen LogP contribution in [0.25, 0.3) is 10.8 Å². The highest BCUT2D eigenvalue weighted by atomic mass is 16.7. The predicted molar refractivity (Wildman–Crippen MR) is 120 cm³/mol.